The summed E-state index contributed by atoms with van der Waals surface area (Å²) in [4.78, 5) is 4.45. The fourth-order valence-corrected chi connectivity index (χ4v) is 3.95. The number of nitrogens with one attached hydrogen (secondary N) is 3. The molecule has 0 aliphatic heterocycles. The van der Waals surface area contributed by atoms with Crippen LogP contribution < -0.4 is 15.4 Å². The van der Waals surface area contributed by atoms with Crippen LogP contribution in [0.25, 0.3) is 0 Å². The van der Waals surface area contributed by atoms with Crippen LogP contribution in [0.4, 0.5) is 0 Å². The van der Waals surface area contributed by atoms with Gasteiger partial charge in [0.2, 0.25) is 10.0 Å². The normalized spacial score (nSPS) is 11.6. The Balaban J connectivity index is 0.00000341. The van der Waals surface area contributed by atoms with E-state index in [9.17, 15) is 8.42 Å². The predicted octanol–water partition coefficient (Wildman–Crippen LogP) is 2.19. The molecule has 0 unspecified atom stereocenters. The number of benzene rings is 2. The minimum atomic E-state index is -3.51. The Labute approximate surface area is 200 Å². The molecule has 0 bridgehead atoms. The van der Waals surface area contributed by atoms with Crippen LogP contribution in [0.1, 0.15) is 11.1 Å². The van der Waals surface area contributed by atoms with Crippen molar-refractivity contribution >= 4 is 40.0 Å². The molecule has 2 aromatic carbocycles. The van der Waals surface area contributed by atoms with Crippen molar-refractivity contribution in [2.75, 3.05) is 20.1 Å². The van der Waals surface area contributed by atoms with Crippen molar-refractivity contribution in [2.45, 2.75) is 18.0 Å². The lowest BCUT2D eigenvalue weighted by Crippen LogP contribution is -2.41. The first-order chi connectivity index (χ1) is 14.6. The minimum Gasteiger partial charge on any atom is -0.355 e. The quantitative estimate of drug-likeness (QED) is 0.163. The summed E-state index contributed by atoms with van der Waals surface area (Å²) in [5.74, 6) is 0.600. The van der Waals surface area contributed by atoms with Crippen LogP contribution in [0.2, 0.25) is 0 Å². The van der Waals surface area contributed by atoms with Gasteiger partial charge < -0.3 is 10.6 Å². The molecule has 1 aromatic heterocycles. The summed E-state index contributed by atoms with van der Waals surface area (Å²) in [7, 11) is -1.83. The van der Waals surface area contributed by atoms with Crippen LogP contribution >= 0.6 is 24.0 Å². The number of hydrogen-bond acceptors (Lipinski definition) is 4. The highest BCUT2D eigenvalue weighted by Crippen LogP contribution is 2.10. The second kappa shape index (κ2) is 12.4. The van der Waals surface area contributed by atoms with E-state index in [1.807, 2.05) is 29.1 Å². The van der Waals surface area contributed by atoms with Crippen molar-refractivity contribution in [2.24, 2.45) is 4.99 Å². The van der Waals surface area contributed by atoms with Crippen molar-refractivity contribution in [1.82, 2.24) is 25.1 Å². The highest BCUT2D eigenvalue weighted by atomic mass is 127. The molecular formula is C21H27IN6O2S. The first-order valence-electron chi connectivity index (χ1n) is 9.62. The Morgan fingerprint density at radius 1 is 0.968 bits per heavy atom. The molecule has 3 N–H and O–H groups in total. The maximum Gasteiger partial charge on any atom is 0.240 e. The zero-order chi connectivity index (χ0) is 21.2. The largest absolute Gasteiger partial charge is 0.355 e. The molecular weight excluding hydrogens is 527 g/mol. The third-order valence-corrected chi connectivity index (χ3v) is 5.92. The molecule has 8 nitrogen and oxygen atoms in total. The molecule has 166 valence electrons. The predicted molar refractivity (Wildman–Crippen MR) is 133 cm³/mol. The second-order valence-corrected chi connectivity index (χ2v) is 8.30. The molecule has 10 heteroatoms. The zero-order valence-electron chi connectivity index (χ0n) is 17.2. The van der Waals surface area contributed by atoms with Gasteiger partial charge in [0.1, 0.15) is 0 Å². The number of nitrogens with zero attached hydrogens (tertiary/aromatic N) is 3. The van der Waals surface area contributed by atoms with Gasteiger partial charge >= 0.3 is 0 Å². The van der Waals surface area contributed by atoms with Crippen LogP contribution in [-0.2, 0) is 23.1 Å². The first kappa shape index (κ1) is 24.8. The summed E-state index contributed by atoms with van der Waals surface area (Å²) < 4.78 is 28.9. The van der Waals surface area contributed by atoms with E-state index in [0.717, 1.165) is 5.56 Å². The number of sulfonamides is 1. The van der Waals surface area contributed by atoms with Gasteiger partial charge in [0.05, 0.1) is 11.4 Å². The lowest BCUT2D eigenvalue weighted by molar-refractivity contribution is 0.580. The van der Waals surface area contributed by atoms with E-state index in [1.165, 1.54) is 5.56 Å². The average Bonchev–Trinajstić information content (AvgIpc) is 3.28. The summed E-state index contributed by atoms with van der Waals surface area (Å²) in [5.41, 5.74) is 2.31. The van der Waals surface area contributed by atoms with Crippen LogP contribution in [0.3, 0.4) is 0 Å². The number of aliphatic imine (C=N–C) groups is 1. The van der Waals surface area contributed by atoms with Gasteiger partial charge in [0.25, 0.3) is 0 Å². The van der Waals surface area contributed by atoms with E-state index in [0.29, 0.717) is 25.6 Å². The van der Waals surface area contributed by atoms with Crippen molar-refractivity contribution in [3.63, 3.8) is 0 Å². The average molecular weight is 554 g/mol. The van der Waals surface area contributed by atoms with Crippen LogP contribution in [0.5, 0.6) is 0 Å². The molecule has 3 aromatic rings. The van der Waals surface area contributed by atoms with E-state index in [2.05, 4.69) is 37.6 Å². The smallest absolute Gasteiger partial charge is 0.240 e. The molecule has 3 rings (SSSR count). The van der Waals surface area contributed by atoms with Gasteiger partial charge in [0.15, 0.2) is 5.96 Å². The molecule has 1 heterocycles. The topological polar surface area (TPSA) is 100 Å². The molecule has 0 radical (unpaired) electrons. The highest BCUT2D eigenvalue weighted by Gasteiger charge is 2.12. The molecule has 0 aliphatic carbocycles. The maximum absolute atomic E-state index is 12.2. The van der Waals surface area contributed by atoms with Gasteiger partial charge in [-0.1, -0.05) is 42.5 Å². The number of hydrogen-bond donors (Lipinski definition) is 3. The van der Waals surface area contributed by atoms with E-state index in [-0.39, 0.29) is 35.4 Å². The van der Waals surface area contributed by atoms with Gasteiger partial charge in [-0.3, -0.25) is 9.67 Å². The fourth-order valence-electron chi connectivity index (χ4n) is 2.90. The van der Waals surface area contributed by atoms with Crippen LogP contribution in [-0.4, -0.2) is 44.3 Å². The molecule has 0 fully saturated rings. The molecule has 0 aliphatic rings. The third kappa shape index (κ3) is 7.64. The number of aromatic nitrogens is 2. The first-order valence-corrected chi connectivity index (χ1v) is 11.1. The lowest BCUT2D eigenvalue weighted by Gasteiger charge is -2.15. The van der Waals surface area contributed by atoms with Crippen LogP contribution in [0.15, 0.2) is 82.9 Å². The Hall–Kier alpha value is -2.44. The second-order valence-electron chi connectivity index (χ2n) is 6.54. The minimum absolute atomic E-state index is 0. The fraction of sp³-hybridized carbons (Fsp3) is 0.238. The van der Waals surface area contributed by atoms with E-state index >= 15 is 0 Å². The number of halogens is 1. The molecule has 0 spiro atoms. The van der Waals surface area contributed by atoms with Crippen molar-refractivity contribution in [3.05, 3.63) is 84.2 Å². The summed E-state index contributed by atoms with van der Waals surface area (Å²) in [6.45, 7) is 1.93. The Morgan fingerprint density at radius 3 is 2.35 bits per heavy atom. The summed E-state index contributed by atoms with van der Waals surface area (Å²) in [5, 5.41) is 10.6. The Kier molecular flexibility index (Phi) is 9.95. The molecule has 31 heavy (non-hydrogen) atoms. The summed E-state index contributed by atoms with van der Waals surface area (Å²) in [6, 6.07) is 18.4. The zero-order valence-corrected chi connectivity index (χ0v) is 20.4. The van der Waals surface area contributed by atoms with Gasteiger partial charge in [-0.05, 0) is 29.3 Å². The summed E-state index contributed by atoms with van der Waals surface area (Å²) >= 11 is 0. The molecule has 0 amide bonds. The van der Waals surface area contributed by atoms with Gasteiger partial charge in [-0.15, -0.1) is 24.0 Å². The monoisotopic (exact) mass is 554 g/mol. The van der Waals surface area contributed by atoms with E-state index in [1.54, 1.807) is 43.6 Å². The highest BCUT2D eigenvalue weighted by molar-refractivity contribution is 14.0. The van der Waals surface area contributed by atoms with Crippen molar-refractivity contribution < 1.29 is 8.42 Å². The van der Waals surface area contributed by atoms with E-state index in [4.69, 9.17) is 0 Å². The number of rotatable bonds is 9. The Bertz CT molecular complexity index is 1060. The van der Waals surface area contributed by atoms with Gasteiger partial charge in [-0.2, -0.15) is 5.10 Å². The van der Waals surface area contributed by atoms with Gasteiger partial charge in [-0.25, -0.2) is 13.1 Å². The molecule has 0 saturated carbocycles. The van der Waals surface area contributed by atoms with Crippen LogP contribution in [0, 0.1) is 0 Å². The standard InChI is InChI=1S/C21H26N6O2S.HI/c1-22-21(23-13-14-26-30(28,29)20-10-3-2-4-11-20)24-16-18-8-5-6-9-19(18)17-27-15-7-12-25-27;/h2-12,15,26H,13-14,16-17H2,1H3,(H2,22,23,24);1H. The van der Waals surface area contributed by atoms with Crippen molar-refractivity contribution in [3.8, 4) is 0 Å². The number of guanidine groups is 1. The molecule has 0 saturated heterocycles. The maximum atomic E-state index is 12.2. The van der Waals surface area contributed by atoms with E-state index < -0.39 is 10.0 Å². The van der Waals surface area contributed by atoms with Gasteiger partial charge in [0, 0.05) is 39.1 Å². The molecule has 0 atom stereocenters. The lowest BCUT2D eigenvalue weighted by atomic mass is 10.1. The summed E-state index contributed by atoms with van der Waals surface area (Å²) in [6.07, 6.45) is 3.69. The Morgan fingerprint density at radius 2 is 1.68 bits per heavy atom. The SMILES string of the molecule is CN=C(NCCNS(=O)(=O)c1ccccc1)NCc1ccccc1Cn1cccn1.I. The van der Waals surface area contributed by atoms with Crippen molar-refractivity contribution in [1.29, 1.82) is 0 Å². The third-order valence-electron chi connectivity index (χ3n) is 4.44.